The van der Waals surface area contributed by atoms with Gasteiger partial charge in [-0.2, -0.15) is 5.10 Å². The van der Waals surface area contributed by atoms with E-state index in [1.807, 2.05) is 10.9 Å². The lowest BCUT2D eigenvalue weighted by Gasteiger charge is -2.22. The van der Waals surface area contributed by atoms with Crippen molar-refractivity contribution in [2.45, 2.75) is 32.9 Å². The van der Waals surface area contributed by atoms with Crippen LogP contribution in [0.2, 0.25) is 0 Å². The van der Waals surface area contributed by atoms with Gasteiger partial charge in [0, 0.05) is 31.4 Å². The molecule has 0 unspecified atom stereocenters. The van der Waals surface area contributed by atoms with Gasteiger partial charge in [-0.05, 0) is 44.4 Å². The number of aryl methyl sites for hydroxylation is 1. The monoisotopic (exact) mass is 299 g/mol. The summed E-state index contributed by atoms with van der Waals surface area (Å²) in [6, 6.07) is 8.43. The van der Waals surface area contributed by atoms with Gasteiger partial charge in [0.15, 0.2) is 0 Å². The summed E-state index contributed by atoms with van der Waals surface area (Å²) in [6.45, 7) is 5.92. The Labute approximate surface area is 132 Å². The molecule has 118 valence electrons. The third-order valence-electron chi connectivity index (χ3n) is 4.30. The van der Waals surface area contributed by atoms with E-state index < -0.39 is 0 Å². The lowest BCUT2D eigenvalue weighted by atomic mass is 9.96. The summed E-state index contributed by atoms with van der Waals surface area (Å²) >= 11 is 0. The van der Waals surface area contributed by atoms with Crippen molar-refractivity contribution in [3.05, 3.63) is 47.8 Å². The quantitative estimate of drug-likeness (QED) is 0.850. The van der Waals surface area contributed by atoms with Gasteiger partial charge in [0.2, 0.25) is 0 Å². The summed E-state index contributed by atoms with van der Waals surface area (Å²) in [4.78, 5) is 2.40. The largest absolute Gasteiger partial charge is 0.493 e. The van der Waals surface area contributed by atoms with Crippen LogP contribution in [0.1, 0.15) is 24.5 Å². The van der Waals surface area contributed by atoms with Crippen molar-refractivity contribution in [3.63, 3.8) is 0 Å². The Bertz CT molecular complexity index is 608. The molecule has 0 saturated carbocycles. The number of hydrogen-bond donors (Lipinski definition) is 0. The molecule has 1 atom stereocenters. The molecular weight excluding hydrogens is 274 g/mol. The fraction of sp³-hybridized carbons (Fsp3) is 0.500. The maximum Gasteiger partial charge on any atom is 0.122 e. The summed E-state index contributed by atoms with van der Waals surface area (Å²) in [5.41, 5.74) is 2.63. The Hall–Kier alpha value is -1.81. The van der Waals surface area contributed by atoms with Gasteiger partial charge in [0.05, 0.1) is 12.8 Å². The van der Waals surface area contributed by atoms with Crippen LogP contribution < -0.4 is 4.74 Å². The fourth-order valence-electron chi connectivity index (χ4n) is 3.20. The smallest absolute Gasteiger partial charge is 0.122 e. The van der Waals surface area contributed by atoms with E-state index in [-0.39, 0.29) is 0 Å². The molecule has 0 aliphatic carbocycles. The maximum atomic E-state index is 5.86. The van der Waals surface area contributed by atoms with E-state index in [1.54, 1.807) is 0 Å². The molecular formula is C18H25N3O. The Balaban J connectivity index is 1.58. The number of rotatable bonds is 5. The van der Waals surface area contributed by atoms with Gasteiger partial charge in [-0.25, -0.2) is 0 Å². The zero-order chi connectivity index (χ0) is 15.4. The summed E-state index contributed by atoms with van der Waals surface area (Å²) < 4.78 is 7.85. The van der Waals surface area contributed by atoms with Gasteiger partial charge in [0.25, 0.3) is 0 Å². The van der Waals surface area contributed by atoms with Gasteiger partial charge in [0.1, 0.15) is 5.75 Å². The predicted molar refractivity (Wildman–Crippen MR) is 88.0 cm³/mol. The molecule has 1 aliphatic heterocycles. The summed E-state index contributed by atoms with van der Waals surface area (Å²) in [5, 5.41) is 4.35. The van der Waals surface area contributed by atoms with E-state index in [1.165, 1.54) is 11.1 Å². The van der Waals surface area contributed by atoms with E-state index in [9.17, 15) is 0 Å². The molecule has 0 radical (unpaired) electrons. The van der Waals surface area contributed by atoms with Crippen LogP contribution in [-0.2, 0) is 19.5 Å². The van der Waals surface area contributed by atoms with Crippen molar-refractivity contribution in [1.29, 1.82) is 0 Å². The van der Waals surface area contributed by atoms with Crippen molar-refractivity contribution in [2.24, 2.45) is 5.92 Å². The van der Waals surface area contributed by atoms with Crippen LogP contribution in [0.15, 0.2) is 36.7 Å². The molecule has 4 heteroatoms. The van der Waals surface area contributed by atoms with E-state index in [2.05, 4.69) is 54.4 Å². The first-order chi connectivity index (χ1) is 10.7. The van der Waals surface area contributed by atoms with Crippen molar-refractivity contribution in [3.8, 4) is 5.75 Å². The van der Waals surface area contributed by atoms with Gasteiger partial charge in [-0.15, -0.1) is 0 Å². The number of fused-ring (bicyclic) bond motifs is 1. The van der Waals surface area contributed by atoms with E-state index in [0.717, 1.165) is 44.8 Å². The first-order valence-electron chi connectivity index (χ1n) is 8.15. The number of para-hydroxylation sites is 1. The number of aromatic nitrogens is 2. The topological polar surface area (TPSA) is 30.3 Å². The zero-order valence-electron chi connectivity index (χ0n) is 13.5. The highest BCUT2D eigenvalue weighted by molar-refractivity contribution is 5.34. The molecule has 4 nitrogen and oxygen atoms in total. The Morgan fingerprint density at radius 3 is 3.05 bits per heavy atom. The summed E-state index contributed by atoms with van der Waals surface area (Å²) in [5.74, 6) is 1.71. The first-order valence-corrected chi connectivity index (χ1v) is 8.15. The first kappa shape index (κ1) is 15.1. The molecule has 0 spiro atoms. The molecule has 1 aliphatic rings. The minimum atomic E-state index is 0.648. The van der Waals surface area contributed by atoms with Gasteiger partial charge in [-0.1, -0.05) is 18.2 Å². The summed E-state index contributed by atoms with van der Waals surface area (Å²) in [6.07, 6.45) is 6.34. The number of ether oxygens (including phenoxy) is 1. The van der Waals surface area contributed by atoms with Crippen molar-refractivity contribution >= 4 is 0 Å². The standard InChI is InChI=1S/C18H25N3O/c1-3-21-14-16(11-19-21)13-20(2)12-15-8-9-22-18-7-5-4-6-17(18)10-15/h4-7,11,14-15H,3,8-10,12-13H2,1-2H3/t15-/m0/s1. The molecule has 3 rings (SSSR count). The second-order valence-corrected chi connectivity index (χ2v) is 6.22. The van der Waals surface area contributed by atoms with Crippen molar-refractivity contribution in [1.82, 2.24) is 14.7 Å². The van der Waals surface area contributed by atoms with Crippen LogP contribution in [0, 0.1) is 5.92 Å². The molecule has 1 aromatic carbocycles. The van der Waals surface area contributed by atoms with Gasteiger partial charge < -0.3 is 9.64 Å². The van der Waals surface area contributed by atoms with Crippen LogP contribution in [0.5, 0.6) is 5.75 Å². The van der Waals surface area contributed by atoms with Crippen molar-refractivity contribution in [2.75, 3.05) is 20.2 Å². The Kier molecular flexibility index (Phi) is 4.78. The highest BCUT2D eigenvalue weighted by Crippen LogP contribution is 2.27. The maximum absolute atomic E-state index is 5.86. The minimum absolute atomic E-state index is 0.648. The molecule has 0 saturated heterocycles. The average molecular weight is 299 g/mol. The second kappa shape index (κ2) is 6.97. The number of benzene rings is 1. The third-order valence-corrected chi connectivity index (χ3v) is 4.30. The van der Waals surface area contributed by atoms with Crippen LogP contribution in [-0.4, -0.2) is 34.9 Å². The fourth-order valence-corrected chi connectivity index (χ4v) is 3.20. The lowest BCUT2D eigenvalue weighted by molar-refractivity contribution is 0.235. The summed E-state index contributed by atoms with van der Waals surface area (Å²) in [7, 11) is 2.20. The van der Waals surface area contributed by atoms with Crippen molar-refractivity contribution < 1.29 is 4.74 Å². The van der Waals surface area contributed by atoms with E-state index >= 15 is 0 Å². The predicted octanol–water partition coefficient (Wildman–Crippen LogP) is 2.98. The molecule has 0 amide bonds. The highest BCUT2D eigenvalue weighted by atomic mass is 16.5. The molecule has 2 heterocycles. The third kappa shape index (κ3) is 3.69. The SMILES string of the molecule is CCn1cc(CN(C)C[C@H]2CCOc3ccccc3C2)cn1. The van der Waals surface area contributed by atoms with E-state index in [0.29, 0.717) is 5.92 Å². The molecule has 0 fully saturated rings. The Morgan fingerprint density at radius 1 is 1.36 bits per heavy atom. The second-order valence-electron chi connectivity index (χ2n) is 6.22. The Morgan fingerprint density at radius 2 is 2.23 bits per heavy atom. The average Bonchev–Trinajstić information content (AvgIpc) is 2.86. The highest BCUT2D eigenvalue weighted by Gasteiger charge is 2.19. The molecule has 0 bridgehead atoms. The number of hydrogen-bond acceptors (Lipinski definition) is 3. The lowest BCUT2D eigenvalue weighted by Crippen LogP contribution is -2.26. The van der Waals surface area contributed by atoms with Gasteiger partial charge >= 0.3 is 0 Å². The zero-order valence-corrected chi connectivity index (χ0v) is 13.5. The molecule has 2 aromatic rings. The van der Waals surface area contributed by atoms with Crippen LogP contribution in [0.3, 0.4) is 0 Å². The van der Waals surface area contributed by atoms with Crippen LogP contribution >= 0.6 is 0 Å². The number of nitrogens with zero attached hydrogens (tertiary/aromatic N) is 3. The normalized spacial score (nSPS) is 17.9. The van der Waals surface area contributed by atoms with Gasteiger partial charge in [-0.3, -0.25) is 4.68 Å². The minimum Gasteiger partial charge on any atom is -0.493 e. The van der Waals surface area contributed by atoms with Crippen LogP contribution in [0.25, 0.3) is 0 Å². The van der Waals surface area contributed by atoms with E-state index in [4.69, 9.17) is 4.74 Å². The molecule has 1 aromatic heterocycles. The molecule has 22 heavy (non-hydrogen) atoms. The molecule has 0 N–H and O–H groups in total. The van der Waals surface area contributed by atoms with Crippen LogP contribution in [0.4, 0.5) is 0 Å².